The molecule has 2 aromatic rings. The van der Waals surface area contributed by atoms with E-state index in [-0.39, 0.29) is 11.6 Å². The fourth-order valence-electron chi connectivity index (χ4n) is 4.65. The van der Waals surface area contributed by atoms with Crippen LogP contribution in [0.25, 0.3) is 0 Å². The molecule has 1 aliphatic rings. The lowest BCUT2D eigenvalue weighted by Crippen LogP contribution is -2.68. The van der Waals surface area contributed by atoms with E-state index >= 15 is 0 Å². The Hall–Kier alpha value is -2.90. The largest absolute Gasteiger partial charge is 0.463 e. The van der Waals surface area contributed by atoms with Crippen molar-refractivity contribution >= 4 is 30.8 Å². The highest BCUT2D eigenvalue weighted by Gasteiger charge is 2.51. The van der Waals surface area contributed by atoms with E-state index in [9.17, 15) is 9.59 Å². The van der Waals surface area contributed by atoms with Crippen LogP contribution in [0.2, 0.25) is 5.04 Å². The number of carbonyl (C=O) groups is 2. The predicted octanol–water partition coefficient (Wildman–Crippen LogP) is 4.67. The topological polar surface area (TPSA) is 65.1 Å². The molecule has 2 aromatic carbocycles. The van der Waals surface area contributed by atoms with Crippen LogP contribution in [0.4, 0.5) is 4.79 Å². The van der Waals surface area contributed by atoms with E-state index in [1.165, 1.54) is 6.08 Å². The Morgan fingerprint density at radius 1 is 0.944 bits per heavy atom. The second-order valence-electron chi connectivity index (χ2n) is 11.1. The fourth-order valence-corrected chi connectivity index (χ4v) is 9.22. The molecule has 1 aliphatic heterocycles. The van der Waals surface area contributed by atoms with E-state index in [2.05, 4.69) is 45.0 Å². The number of hydrogen-bond donors (Lipinski definition) is 0. The summed E-state index contributed by atoms with van der Waals surface area (Å²) >= 11 is 0. The van der Waals surface area contributed by atoms with Gasteiger partial charge in [0.2, 0.25) is 0 Å². The maximum atomic E-state index is 13.0. The summed E-state index contributed by atoms with van der Waals surface area (Å²) < 4.78 is 17.8. The Kier molecular flexibility index (Phi) is 8.47. The van der Waals surface area contributed by atoms with Gasteiger partial charge < -0.3 is 13.9 Å². The Morgan fingerprint density at radius 3 is 1.92 bits per heavy atom. The molecular formula is C29H39NO5Si. The van der Waals surface area contributed by atoms with Gasteiger partial charge in [-0.15, -0.1) is 0 Å². The quantitative estimate of drug-likeness (QED) is 0.308. The van der Waals surface area contributed by atoms with Gasteiger partial charge in [0.05, 0.1) is 19.3 Å². The number of benzene rings is 2. The second-order valence-corrected chi connectivity index (χ2v) is 15.4. The average Bonchev–Trinajstić information content (AvgIpc) is 2.78. The summed E-state index contributed by atoms with van der Waals surface area (Å²) in [5.41, 5.74) is 0.179. The lowest BCUT2D eigenvalue weighted by molar-refractivity contribution is -0.137. The Bertz CT molecular complexity index is 1030. The molecule has 0 aromatic heterocycles. The van der Waals surface area contributed by atoms with Crippen molar-refractivity contribution < 1.29 is 23.5 Å². The van der Waals surface area contributed by atoms with Crippen molar-refractivity contribution in [2.24, 2.45) is 0 Å². The number of hydrogen-bond acceptors (Lipinski definition) is 5. The lowest BCUT2D eigenvalue weighted by Gasteiger charge is -2.48. The summed E-state index contributed by atoms with van der Waals surface area (Å²) in [7, 11) is -2.81. The SMILES string of the molecule is CCOC(=O)/C=C1/CN(C(=O)OC(C)(C)C)[C@@H]1CO[Si](c1ccccc1)(c1ccccc1)C(C)(C)C. The van der Waals surface area contributed by atoms with Crippen LogP contribution in [-0.4, -0.2) is 56.7 Å². The molecular weight excluding hydrogens is 470 g/mol. The van der Waals surface area contributed by atoms with Crippen LogP contribution in [0.5, 0.6) is 0 Å². The number of rotatable bonds is 7. The summed E-state index contributed by atoms with van der Waals surface area (Å²) in [6, 6.07) is 20.3. The van der Waals surface area contributed by atoms with Crippen LogP contribution in [0.15, 0.2) is 72.3 Å². The molecule has 0 aliphatic carbocycles. The molecule has 0 saturated carbocycles. The van der Waals surface area contributed by atoms with Crippen LogP contribution in [0, 0.1) is 0 Å². The standard InChI is InChI=1S/C29H39NO5Si/c1-8-33-26(31)19-22-20-30(27(32)35-28(2,3)4)25(22)21-34-36(29(5,6)7,23-15-11-9-12-16-23)24-17-13-10-14-18-24/h9-19,25H,8,20-21H2,1-7H3/b22-19-/t25-/m1/s1. The molecule has 3 rings (SSSR count). The first-order chi connectivity index (χ1) is 16.9. The maximum absolute atomic E-state index is 13.0. The normalized spacial score (nSPS) is 17.5. The van der Waals surface area contributed by atoms with E-state index in [1.807, 2.05) is 57.2 Å². The molecule has 1 saturated heterocycles. The minimum atomic E-state index is -2.81. The highest BCUT2D eigenvalue weighted by molar-refractivity contribution is 6.99. The molecule has 1 fully saturated rings. The van der Waals surface area contributed by atoms with Gasteiger partial charge in [0.25, 0.3) is 8.32 Å². The highest BCUT2D eigenvalue weighted by Crippen LogP contribution is 2.38. The average molecular weight is 510 g/mol. The zero-order valence-corrected chi connectivity index (χ0v) is 23.5. The third-order valence-corrected chi connectivity index (χ3v) is 11.3. The summed E-state index contributed by atoms with van der Waals surface area (Å²) in [5, 5.41) is 2.10. The Morgan fingerprint density at radius 2 is 1.47 bits per heavy atom. The first-order valence-corrected chi connectivity index (χ1v) is 14.4. The van der Waals surface area contributed by atoms with Crippen LogP contribution >= 0.6 is 0 Å². The van der Waals surface area contributed by atoms with Gasteiger partial charge in [-0.05, 0) is 48.7 Å². The molecule has 6 nitrogen and oxygen atoms in total. The first kappa shape index (κ1) is 27.7. The van der Waals surface area contributed by atoms with Crippen molar-refractivity contribution in [1.29, 1.82) is 0 Å². The summed E-state index contributed by atoms with van der Waals surface area (Å²) in [6.45, 7) is 14.8. The molecule has 0 bridgehead atoms. The van der Waals surface area contributed by atoms with Crippen LogP contribution in [0.1, 0.15) is 48.5 Å². The summed E-state index contributed by atoms with van der Waals surface area (Å²) in [4.78, 5) is 26.9. The van der Waals surface area contributed by atoms with Crippen molar-refractivity contribution in [1.82, 2.24) is 4.90 Å². The Balaban J connectivity index is 2.01. The second kappa shape index (κ2) is 11.0. The van der Waals surface area contributed by atoms with Gasteiger partial charge in [-0.25, -0.2) is 9.59 Å². The third-order valence-electron chi connectivity index (χ3n) is 6.25. The van der Waals surface area contributed by atoms with Gasteiger partial charge in [-0.1, -0.05) is 81.4 Å². The molecule has 0 N–H and O–H groups in total. The summed E-state index contributed by atoms with van der Waals surface area (Å²) in [6.07, 6.45) is 1.07. The fraction of sp³-hybridized carbons (Fsp3) is 0.448. The molecule has 36 heavy (non-hydrogen) atoms. The molecule has 0 spiro atoms. The van der Waals surface area contributed by atoms with Crippen molar-refractivity contribution in [2.75, 3.05) is 19.8 Å². The number of esters is 1. The van der Waals surface area contributed by atoms with Gasteiger partial charge in [-0.3, -0.25) is 4.90 Å². The minimum absolute atomic E-state index is 0.207. The van der Waals surface area contributed by atoms with E-state index < -0.39 is 32.0 Å². The van der Waals surface area contributed by atoms with Gasteiger partial charge in [0, 0.05) is 12.6 Å². The molecule has 7 heteroatoms. The van der Waals surface area contributed by atoms with E-state index in [1.54, 1.807) is 11.8 Å². The van der Waals surface area contributed by atoms with Crippen LogP contribution in [0.3, 0.4) is 0 Å². The van der Waals surface area contributed by atoms with Crippen molar-refractivity contribution in [2.45, 2.75) is 65.1 Å². The van der Waals surface area contributed by atoms with Gasteiger partial charge in [-0.2, -0.15) is 0 Å². The van der Waals surface area contributed by atoms with Crippen molar-refractivity contribution in [3.05, 3.63) is 72.3 Å². The maximum Gasteiger partial charge on any atom is 0.411 e. The number of likely N-dealkylation sites (tertiary alicyclic amines) is 1. The number of ether oxygens (including phenoxy) is 2. The Labute approximate surface area is 216 Å². The molecule has 0 radical (unpaired) electrons. The molecule has 1 amide bonds. The lowest BCUT2D eigenvalue weighted by atomic mass is 9.96. The third kappa shape index (κ3) is 6.07. The number of nitrogens with zero attached hydrogens (tertiary/aromatic N) is 1. The highest BCUT2D eigenvalue weighted by atomic mass is 28.4. The molecule has 0 unspecified atom stereocenters. The zero-order chi connectivity index (χ0) is 26.6. The predicted molar refractivity (Wildman–Crippen MR) is 145 cm³/mol. The minimum Gasteiger partial charge on any atom is -0.463 e. The van der Waals surface area contributed by atoms with E-state index in [0.29, 0.717) is 13.2 Å². The number of carbonyl (C=O) groups excluding carboxylic acids is 2. The molecule has 1 atom stereocenters. The smallest absolute Gasteiger partial charge is 0.411 e. The van der Waals surface area contributed by atoms with E-state index in [0.717, 1.165) is 15.9 Å². The van der Waals surface area contributed by atoms with E-state index in [4.69, 9.17) is 13.9 Å². The first-order valence-electron chi connectivity index (χ1n) is 12.5. The van der Waals surface area contributed by atoms with Crippen LogP contribution in [-0.2, 0) is 18.7 Å². The van der Waals surface area contributed by atoms with Gasteiger partial charge >= 0.3 is 12.1 Å². The molecule has 1 heterocycles. The van der Waals surface area contributed by atoms with Gasteiger partial charge in [0.1, 0.15) is 5.60 Å². The number of amides is 1. The van der Waals surface area contributed by atoms with Crippen LogP contribution < -0.4 is 10.4 Å². The monoisotopic (exact) mass is 509 g/mol. The zero-order valence-electron chi connectivity index (χ0n) is 22.5. The van der Waals surface area contributed by atoms with Crippen molar-refractivity contribution in [3.8, 4) is 0 Å². The van der Waals surface area contributed by atoms with Gasteiger partial charge in [0.15, 0.2) is 0 Å². The molecule has 194 valence electrons. The summed E-state index contributed by atoms with van der Waals surface area (Å²) in [5.74, 6) is -0.410. The van der Waals surface area contributed by atoms with Crippen molar-refractivity contribution in [3.63, 3.8) is 0 Å².